The second-order valence-electron chi connectivity index (χ2n) is 7.70. The molecule has 0 saturated carbocycles. The Morgan fingerprint density at radius 2 is 1.70 bits per heavy atom. The van der Waals surface area contributed by atoms with Crippen LogP contribution in [0.1, 0.15) is 50.5 Å². The standard InChI is InChI=1S/C27H32N4O2/c1-7-12-15-19-18(6)25(32)22(24-23(19)28-27(29-24)31(10-4)11-5)20-16-13-14-17-21(20)26(33)30(8-2)9-3/h7,12-17H,6,8-11H2,1-5H3/b12-7-,19-15+. The van der Waals surface area contributed by atoms with Gasteiger partial charge in [0, 0.05) is 48.5 Å². The summed E-state index contributed by atoms with van der Waals surface area (Å²) in [4.78, 5) is 40.4. The zero-order chi connectivity index (χ0) is 24.1. The second kappa shape index (κ2) is 10.4. The molecule has 3 rings (SSSR count). The summed E-state index contributed by atoms with van der Waals surface area (Å²) in [5, 5.41) is 0. The van der Waals surface area contributed by atoms with E-state index in [0.717, 1.165) is 13.1 Å². The van der Waals surface area contributed by atoms with Crippen molar-refractivity contribution in [3.8, 4) is 0 Å². The molecule has 0 bridgehead atoms. The molecule has 1 amide bonds. The minimum atomic E-state index is -0.232. The van der Waals surface area contributed by atoms with Crippen molar-refractivity contribution in [3.63, 3.8) is 0 Å². The summed E-state index contributed by atoms with van der Waals surface area (Å²) in [7, 11) is 0. The van der Waals surface area contributed by atoms with Gasteiger partial charge >= 0.3 is 0 Å². The van der Waals surface area contributed by atoms with Crippen LogP contribution in [0.15, 0.2) is 75.9 Å². The minimum Gasteiger partial charge on any atom is -0.341 e. The van der Waals surface area contributed by atoms with Crippen molar-refractivity contribution in [2.75, 3.05) is 26.2 Å². The summed E-state index contributed by atoms with van der Waals surface area (Å²) in [5.41, 5.74) is 3.58. The maximum atomic E-state index is 13.7. The monoisotopic (exact) mass is 444 g/mol. The van der Waals surface area contributed by atoms with Gasteiger partial charge in [-0.1, -0.05) is 43.0 Å². The van der Waals surface area contributed by atoms with Crippen LogP contribution in [0.5, 0.6) is 0 Å². The van der Waals surface area contributed by atoms with Crippen LogP contribution in [-0.4, -0.2) is 59.3 Å². The van der Waals surface area contributed by atoms with Gasteiger partial charge in [0.05, 0.1) is 5.57 Å². The number of fused-ring (bicyclic) bond motifs is 1. The number of hydrogen-bond donors (Lipinski definition) is 0. The number of nitrogens with zero attached hydrogens (tertiary/aromatic N) is 4. The molecule has 1 aromatic carbocycles. The van der Waals surface area contributed by atoms with Crippen molar-refractivity contribution >= 4 is 28.9 Å². The number of aliphatic imine (C=N–C) groups is 2. The van der Waals surface area contributed by atoms with E-state index in [2.05, 4.69) is 6.58 Å². The molecular weight excluding hydrogens is 412 g/mol. The largest absolute Gasteiger partial charge is 0.341 e. The van der Waals surface area contributed by atoms with Gasteiger partial charge in [0.1, 0.15) is 11.4 Å². The number of carbonyl (C=O) groups excluding carboxylic acids is 2. The first-order valence-electron chi connectivity index (χ1n) is 11.6. The fourth-order valence-electron chi connectivity index (χ4n) is 4.06. The number of rotatable bonds is 7. The first-order chi connectivity index (χ1) is 15.9. The van der Waals surface area contributed by atoms with Crippen LogP contribution in [0.3, 0.4) is 0 Å². The Balaban J connectivity index is 2.31. The van der Waals surface area contributed by atoms with Crippen molar-refractivity contribution in [2.45, 2.75) is 34.6 Å². The number of Topliss-reactive ketones (excluding diaryl/α,β-unsaturated/α-hetero) is 1. The van der Waals surface area contributed by atoms with Crippen LogP contribution in [0.25, 0.3) is 5.57 Å². The number of allylic oxidation sites excluding steroid dienone is 6. The highest BCUT2D eigenvalue weighted by Gasteiger charge is 2.38. The van der Waals surface area contributed by atoms with Gasteiger partial charge in [0.2, 0.25) is 5.96 Å². The molecule has 1 aromatic rings. The molecule has 0 radical (unpaired) electrons. The maximum absolute atomic E-state index is 13.7. The molecule has 0 atom stereocenters. The Morgan fingerprint density at radius 3 is 2.30 bits per heavy atom. The normalized spacial score (nSPS) is 16.9. The molecule has 33 heavy (non-hydrogen) atoms. The van der Waals surface area contributed by atoms with E-state index in [-0.39, 0.29) is 11.7 Å². The van der Waals surface area contributed by atoms with Gasteiger partial charge < -0.3 is 9.80 Å². The lowest BCUT2D eigenvalue weighted by molar-refractivity contribution is -0.110. The molecule has 1 aliphatic heterocycles. The number of guanidine groups is 1. The fourth-order valence-corrected chi connectivity index (χ4v) is 4.06. The van der Waals surface area contributed by atoms with Gasteiger partial charge in [-0.15, -0.1) is 0 Å². The average Bonchev–Trinajstić information content (AvgIpc) is 3.25. The topological polar surface area (TPSA) is 65.3 Å². The van der Waals surface area contributed by atoms with E-state index in [1.54, 1.807) is 11.0 Å². The predicted molar refractivity (Wildman–Crippen MR) is 135 cm³/mol. The molecule has 1 heterocycles. The number of ketones is 1. The Morgan fingerprint density at radius 1 is 1.03 bits per heavy atom. The summed E-state index contributed by atoms with van der Waals surface area (Å²) >= 11 is 0. The van der Waals surface area contributed by atoms with E-state index >= 15 is 0 Å². The summed E-state index contributed by atoms with van der Waals surface area (Å²) in [6.45, 7) is 16.6. The summed E-state index contributed by atoms with van der Waals surface area (Å²) < 4.78 is 0. The highest BCUT2D eigenvalue weighted by atomic mass is 16.2. The Kier molecular flexibility index (Phi) is 7.59. The highest BCUT2D eigenvalue weighted by molar-refractivity contribution is 6.45. The van der Waals surface area contributed by atoms with Gasteiger partial charge in [-0.2, -0.15) is 0 Å². The fraction of sp³-hybridized carbons (Fsp3) is 0.333. The van der Waals surface area contributed by atoms with Gasteiger partial charge in [0.25, 0.3) is 5.91 Å². The number of amides is 1. The van der Waals surface area contributed by atoms with Crippen LogP contribution in [0.2, 0.25) is 0 Å². The molecule has 1 aliphatic carbocycles. The second-order valence-corrected chi connectivity index (χ2v) is 7.70. The molecule has 0 aromatic heterocycles. The first-order valence-corrected chi connectivity index (χ1v) is 11.6. The molecule has 6 heteroatoms. The third-order valence-corrected chi connectivity index (χ3v) is 5.95. The van der Waals surface area contributed by atoms with E-state index in [0.29, 0.717) is 58.3 Å². The summed E-state index contributed by atoms with van der Waals surface area (Å²) in [6, 6.07) is 7.24. The van der Waals surface area contributed by atoms with Crippen LogP contribution >= 0.6 is 0 Å². The third kappa shape index (κ3) is 4.38. The van der Waals surface area contributed by atoms with Gasteiger partial charge in [0.15, 0.2) is 5.78 Å². The Bertz CT molecular complexity index is 1130. The van der Waals surface area contributed by atoms with E-state index in [1.807, 2.05) is 75.9 Å². The quantitative estimate of drug-likeness (QED) is 0.574. The molecule has 0 N–H and O–H groups in total. The lowest BCUT2D eigenvalue weighted by Crippen LogP contribution is -2.32. The van der Waals surface area contributed by atoms with E-state index in [1.165, 1.54) is 0 Å². The average molecular weight is 445 g/mol. The summed E-state index contributed by atoms with van der Waals surface area (Å²) in [6.07, 6.45) is 5.61. The molecule has 0 fully saturated rings. The summed E-state index contributed by atoms with van der Waals surface area (Å²) in [5.74, 6) is 0.231. The van der Waals surface area contributed by atoms with Crippen molar-refractivity contribution in [3.05, 3.63) is 77.0 Å². The predicted octanol–water partition coefficient (Wildman–Crippen LogP) is 4.67. The van der Waals surface area contributed by atoms with Crippen molar-refractivity contribution < 1.29 is 9.59 Å². The van der Waals surface area contributed by atoms with Crippen LogP contribution in [0.4, 0.5) is 0 Å². The Labute approximate surface area is 196 Å². The van der Waals surface area contributed by atoms with Gasteiger partial charge in [-0.25, -0.2) is 9.98 Å². The molecule has 6 nitrogen and oxygen atoms in total. The van der Waals surface area contributed by atoms with E-state index in [4.69, 9.17) is 9.98 Å². The first kappa shape index (κ1) is 24.1. The molecular formula is C27H32N4O2. The molecule has 2 aliphatic rings. The molecule has 172 valence electrons. The van der Waals surface area contributed by atoms with E-state index in [9.17, 15) is 9.59 Å². The molecule has 0 spiro atoms. The van der Waals surface area contributed by atoms with Gasteiger partial charge in [-0.05, 0) is 40.7 Å². The van der Waals surface area contributed by atoms with Crippen LogP contribution in [-0.2, 0) is 4.79 Å². The van der Waals surface area contributed by atoms with Crippen molar-refractivity contribution in [1.82, 2.24) is 9.80 Å². The highest BCUT2D eigenvalue weighted by Crippen LogP contribution is 2.38. The van der Waals surface area contributed by atoms with Crippen molar-refractivity contribution in [2.24, 2.45) is 9.98 Å². The third-order valence-electron chi connectivity index (χ3n) is 5.95. The number of carbonyl (C=O) groups is 2. The van der Waals surface area contributed by atoms with Crippen LogP contribution < -0.4 is 0 Å². The van der Waals surface area contributed by atoms with E-state index < -0.39 is 0 Å². The Hall–Kier alpha value is -3.54. The number of hydrogen-bond acceptors (Lipinski definition) is 5. The molecule has 0 unspecified atom stereocenters. The lowest BCUT2D eigenvalue weighted by atomic mass is 9.81. The SMILES string of the molecule is C=C1C(=O)C(c2ccccc2C(=O)N(CC)CC)=C2N=C(N(CC)CC)N=C2/C1=C/C=C\C. The van der Waals surface area contributed by atoms with Gasteiger partial charge in [-0.3, -0.25) is 9.59 Å². The maximum Gasteiger partial charge on any atom is 0.254 e. The van der Waals surface area contributed by atoms with Crippen LogP contribution in [0, 0.1) is 0 Å². The zero-order valence-electron chi connectivity index (χ0n) is 20.2. The van der Waals surface area contributed by atoms with Crippen molar-refractivity contribution in [1.29, 1.82) is 0 Å². The zero-order valence-corrected chi connectivity index (χ0v) is 20.2. The number of benzene rings is 1. The molecule has 0 saturated heterocycles. The smallest absolute Gasteiger partial charge is 0.254 e. The minimum absolute atomic E-state index is 0.109. The lowest BCUT2D eigenvalue weighted by Gasteiger charge is -2.24.